The first-order chi connectivity index (χ1) is 6.01. The maximum absolute atomic E-state index is 10.6. The second-order valence-corrected chi connectivity index (χ2v) is 4.13. The number of aromatic nitrogens is 1. The fraction of sp³-hybridized carbons (Fsp3) is 0.143. The first kappa shape index (κ1) is 9.87. The van der Waals surface area contributed by atoms with E-state index in [0.717, 1.165) is 0 Å². The minimum absolute atomic E-state index is 0.231. The Kier molecular flexibility index (Phi) is 2.79. The first-order valence-electron chi connectivity index (χ1n) is 3.41. The molecular weight excluding hydrogens is 191 g/mol. The van der Waals surface area contributed by atoms with Crippen molar-refractivity contribution >= 4 is 7.60 Å². The third-order valence-corrected chi connectivity index (χ3v) is 2.10. The Morgan fingerprint density at radius 1 is 1.54 bits per heavy atom. The number of nitrogens with zero attached hydrogens (tertiary/aromatic N) is 2. The molecule has 0 saturated heterocycles. The topological polar surface area (TPSA) is 94.2 Å². The SMILES string of the molecule is N#Cc1ccc(CP(=O)(O)O)cn1. The van der Waals surface area contributed by atoms with Crippen molar-refractivity contribution < 1.29 is 14.4 Å². The van der Waals surface area contributed by atoms with Crippen molar-refractivity contribution in [3.63, 3.8) is 0 Å². The van der Waals surface area contributed by atoms with Crippen LogP contribution < -0.4 is 0 Å². The molecule has 68 valence electrons. The van der Waals surface area contributed by atoms with Gasteiger partial charge in [-0.15, -0.1) is 0 Å². The van der Waals surface area contributed by atoms with E-state index in [9.17, 15) is 4.57 Å². The molecule has 0 radical (unpaired) electrons. The minimum Gasteiger partial charge on any atom is -0.324 e. The molecule has 2 N–H and O–H groups in total. The van der Waals surface area contributed by atoms with Crippen molar-refractivity contribution in [1.29, 1.82) is 5.26 Å². The van der Waals surface area contributed by atoms with Gasteiger partial charge in [-0.05, 0) is 11.6 Å². The van der Waals surface area contributed by atoms with Crippen molar-refractivity contribution in [2.24, 2.45) is 0 Å². The molecule has 0 aliphatic carbocycles. The molecule has 0 fully saturated rings. The Morgan fingerprint density at radius 2 is 2.23 bits per heavy atom. The normalized spacial score (nSPS) is 10.8. The van der Waals surface area contributed by atoms with E-state index in [2.05, 4.69) is 4.98 Å². The van der Waals surface area contributed by atoms with Gasteiger partial charge in [0.2, 0.25) is 0 Å². The summed E-state index contributed by atoms with van der Waals surface area (Å²) in [5, 5.41) is 8.40. The van der Waals surface area contributed by atoms with Crippen LogP contribution in [-0.2, 0) is 10.7 Å². The maximum atomic E-state index is 10.6. The first-order valence-corrected chi connectivity index (χ1v) is 5.20. The zero-order valence-electron chi connectivity index (χ0n) is 6.58. The molecule has 13 heavy (non-hydrogen) atoms. The van der Waals surface area contributed by atoms with Crippen LogP contribution in [0.3, 0.4) is 0 Å². The van der Waals surface area contributed by atoms with Crippen LogP contribution in [-0.4, -0.2) is 14.8 Å². The van der Waals surface area contributed by atoms with Crippen molar-refractivity contribution in [2.75, 3.05) is 0 Å². The van der Waals surface area contributed by atoms with E-state index in [-0.39, 0.29) is 11.9 Å². The Labute approximate surface area is 74.8 Å². The molecule has 1 heterocycles. The van der Waals surface area contributed by atoms with Gasteiger partial charge in [0.1, 0.15) is 11.8 Å². The van der Waals surface area contributed by atoms with E-state index >= 15 is 0 Å². The van der Waals surface area contributed by atoms with E-state index in [4.69, 9.17) is 15.0 Å². The summed E-state index contributed by atoms with van der Waals surface area (Å²) in [6.07, 6.45) is 0.948. The van der Waals surface area contributed by atoms with Gasteiger partial charge >= 0.3 is 7.60 Å². The molecule has 0 amide bonds. The number of rotatable bonds is 2. The van der Waals surface area contributed by atoms with Crippen molar-refractivity contribution in [3.05, 3.63) is 29.6 Å². The van der Waals surface area contributed by atoms with Crippen molar-refractivity contribution in [1.82, 2.24) is 4.98 Å². The van der Waals surface area contributed by atoms with Crippen molar-refractivity contribution in [3.8, 4) is 6.07 Å². The summed E-state index contributed by atoms with van der Waals surface area (Å²) in [7, 11) is -4.03. The summed E-state index contributed by atoms with van der Waals surface area (Å²) in [6, 6.07) is 4.71. The van der Waals surface area contributed by atoms with Crippen LogP contribution in [0, 0.1) is 11.3 Å². The Hall–Kier alpha value is -1.21. The third kappa shape index (κ3) is 3.34. The second kappa shape index (κ2) is 3.67. The van der Waals surface area contributed by atoms with Gasteiger partial charge in [0.15, 0.2) is 0 Å². The fourth-order valence-electron chi connectivity index (χ4n) is 0.822. The monoisotopic (exact) mass is 198 g/mol. The Bertz CT molecular complexity index is 376. The van der Waals surface area contributed by atoms with Gasteiger partial charge in [-0.25, -0.2) is 4.98 Å². The van der Waals surface area contributed by atoms with E-state index < -0.39 is 7.60 Å². The number of nitriles is 1. The zero-order valence-corrected chi connectivity index (χ0v) is 7.48. The van der Waals surface area contributed by atoms with E-state index in [0.29, 0.717) is 5.56 Å². The van der Waals surface area contributed by atoms with Crippen LogP contribution in [0.25, 0.3) is 0 Å². The average molecular weight is 198 g/mol. The summed E-state index contributed by atoms with van der Waals surface area (Å²) in [5.74, 6) is 0. The zero-order chi connectivity index (χ0) is 9.90. The number of pyridine rings is 1. The molecule has 6 heteroatoms. The number of hydrogen-bond donors (Lipinski definition) is 2. The smallest absolute Gasteiger partial charge is 0.324 e. The largest absolute Gasteiger partial charge is 0.329 e. The molecule has 0 saturated carbocycles. The van der Waals surface area contributed by atoms with Crippen LogP contribution in [0.15, 0.2) is 18.3 Å². The second-order valence-electron chi connectivity index (χ2n) is 2.49. The predicted octanol–water partition coefficient (Wildman–Crippen LogP) is 0.631. The highest BCUT2D eigenvalue weighted by Gasteiger charge is 2.13. The maximum Gasteiger partial charge on any atom is 0.329 e. The highest BCUT2D eigenvalue weighted by molar-refractivity contribution is 7.50. The van der Waals surface area contributed by atoms with E-state index in [1.165, 1.54) is 18.3 Å². The van der Waals surface area contributed by atoms with Crippen molar-refractivity contribution in [2.45, 2.75) is 6.16 Å². The molecule has 0 aliphatic heterocycles. The summed E-state index contributed by atoms with van der Waals surface area (Å²) in [4.78, 5) is 20.9. The van der Waals surface area contributed by atoms with E-state index in [1.54, 1.807) is 0 Å². The lowest BCUT2D eigenvalue weighted by molar-refractivity contribution is 0.371. The molecule has 0 spiro atoms. The highest BCUT2D eigenvalue weighted by atomic mass is 31.2. The summed E-state index contributed by atoms with van der Waals surface area (Å²) in [6.45, 7) is 0. The van der Waals surface area contributed by atoms with Gasteiger partial charge in [-0.3, -0.25) is 4.57 Å². The lowest BCUT2D eigenvalue weighted by Gasteiger charge is -2.02. The lowest BCUT2D eigenvalue weighted by Crippen LogP contribution is -1.89. The molecule has 1 aromatic rings. The molecule has 0 aromatic carbocycles. The highest BCUT2D eigenvalue weighted by Crippen LogP contribution is 2.38. The van der Waals surface area contributed by atoms with Crippen LogP contribution in [0.2, 0.25) is 0 Å². The molecule has 0 aliphatic rings. The molecule has 0 unspecified atom stereocenters. The average Bonchev–Trinajstić information content (AvgIpc) is 2.03. The standard InChI is InChI=1S/C7H7N2O3P/c8-3-7-2-1-6(4-9-7)5-13(10,11)12/h1-2,4H,5H2,(H2,10,11,12). The summed E-state index contributed by atoms with van der Waals surface area (Å²) < 4.78 is 10.6. The third-order valence-electron chi connectivity index (χ3n) is 1.33. The number of hydrogen-bond acceptors (Lipinski definition) is 3. The van der Waals surface area contributed by atoms with Gasteiger partial charge in [0, 0.05) is 6.20 Å². The van der Waals surface area contributed by atoms with Gasteiger partial charge < -0.3 is 9.79 Å². The van der Waals surface area contributed by atoms with E-state index in [1.807, 2.05) is 6.07 Å². The van der Waals surface area contributed by atoms with Crippen LogP contribution in [0.5, 0.6) is 0 Å². The lowest BCUT2D eigenvalue weighted by atomic mass is 10.3. The Balaban J connectivity index is 2.83. The van der Waals surface area contributed by atoms with Gasteiger partial charge in [0.05, 0.1) is 6.16 Å². The van der Waals surface area contributed by atoms with Gasteiger partial charge in [0.25, 0.3) is 0 Å². The van der Waals surface area contributed by atoms with Gasteiger partial charge in [-0.2, -0.15) is 5.26 Å². The molecular formula is C7H7N2O3P. The van der Waals surface area contributed by atoms with Crippen LogP contribution in [0.1, 0.15) is 11.3 Å². The Morgan fingerprint density at radius 3 is 2.62 bits per heavy atom. The molecule has 1 rings (SSSR count). The molecule has 5 nitrogen and oxygen atoms in total. The van der Waals surface area contributed by atoms with Crippen LogP contribution >= 0.6 is 7.60 Å². The molecule has 0 bridgehead atoms. The van der Waals surface area contributed by atoms with Crippen LogP contribution in [0.4, 0.5) is 0 Å². The summed E-state index contributed by atoms with van der Waals surface area (Å²) in [5.41, 5.74) is 0.654. The summed E-state index contributed by atoms with van der Waals surface area (Å²) >= 11 is 0. The molecule has 0 atom stereocenters. The predicted molar refractivity (Wildman–Crippen MR) is 44.7 cm³/mol. The fourth-order valence-corrected chi connectivity index (χ4v) is 1.48. The quantitative estimate of drug-likeness (QED) is 0.679. The molecule has 1 aromatic heterocycles. The minimum atomic E-state index is -4.03. The van der Waals surface area contributed by atoms with Gasteiger partial charge in [-0.1, -0.05) is 6.07 Å².